The largest absolute Gasteiger partial charge is 1.00 e. The Morgan fingerprint density at radius 2 is 0.933 bits per heavy atom. The predicted molar refractivity (Wildman–Crippen MR) is 123 cm³/mol. The first-order valence-corrected chi connectivity index (χ1v) is 14.0. The van der Waals surface area contributed by atoms with E-state index in [2.05, 4.69) is 6.92 Å². The molecule has 0 radical (unpaired) electrons. The fourth-order valence-electron chi connectivity index (χ4n) is 3.85. The molecular formula is C24H49KO4S. The van der Waals surface area contributed by atoms with Crippen LogP contribution in [0, 0.1) is 0 Å². The molecule has 0 aliphatic rings. The molecule has 0 aliphatic heterocycles. The van der Waals surface area contributed by atoms with E-state index in [4.69, 9.17) is 0 Å². The van der Waals surface area contributed by atoms with Gasteiger partial charge in [0.05, 0.1) is 16.2 Å². The predicted octanol–water partition coefficient (Wildman–Crippen LogP) is 4.11. The van der Waals surface area contributed by atoms with Gasteiger partial charge in [-0.3, -0.25) is 0 Å². The molecule has 0 amide bonds. The van der Waals surface area contributed by atoms with Crippen LogP contribution in [0.2, 0.25) is 0 Å². The summed E-state index contributed by atoms with van der Waals surface area (Å²) in [4.78, 5) is 0. The third-order valence-electron chi connectivity index (χ3n) is 6.03. The van der Waals surface area contributed by atoms with Crippen molar-refractivity contribution < 1.29 is 69.5 Å². The van der Waals surface area contributed by atoms with E-state index < -0.39 is 15.4 Å². The number of hydrogen-bond acceptors (Lipinski definition) is 4. The summed E-state index contributed by atoms with van der Waals surface area (Å²) in [6.07, 6.45) is 23.4. The minimum atomic E-state index is -4.09. The Morgan fingerprint density at radius 1 is 0.633 bits per heavy atom. The maximum Gasteiger partial charge on any atom is 1.00 e. The van der Waals surface area contributed by atoms with E-state index in [1.807, 2.05) is 0 Å². The maximum absolute atomic E-state index is 10.8. The maximum atomic E-state index is 10.8. The molecule has 0 aromatic carbocycles. The molecule has 0 heterocycles. The van der Waals surface area contributed by atoms with Crippen LogP contribution in [0.25, 0.3) is 0 Å². The molecule has 30 heavy (non-hydrogen) atoms. The molecule has 6 heteroatoms. The van der Waals surface area contributed by atoms with Crippen LogP contribution in [-0.4, -0.2) is 29.4 Å². The van der Waals surface area contributed by atoms with Crippen LogP contribution < -0.4 is 51.4 Å². The van der Waals surface area contributed by atoms with Gasteiger partial charge in [-0.25, -0.2) is 8.42 Å². The van der Waals surface area contributed by atoms with Gasteiger partial charge in [0.25, 0.3) is 0 Å². The van der Waals surface area contributed by atoms with Crippen LogP contribution in [-0.2, 0) is 10.1 Å². The van der Waals surface area contributed by atoms with Crippen LogP contribution in [0.15, 0.2) is 0 Å². The molecule has 0 fully saturated rings. The van der Waals surface area contributed by atoms with Gasteiger partial charge in [-0.1, -0.05) is 116 Å². The normalized spacial score (nSPS) is 13.7. The van der Waals surface area contributed by atoms with E-state index in [1.165, 1.54) is 96.8 Å². The average Bonchev–Trinajstić information content (AvgIpc) is 2.66. The SMILES string of the molecule is CCCCCC(O)CCCCCCCCCCCCCCCCC(C)S(=O)(=O)[O-].[K+]. The van der Waals surface area contributed by atoms with E-state index in [1.54, 1.807) is 0 Å². The zero-order chi connectivity index (χ0) is 21.8. The Kier molecular flexibility index (Phi) is 26.6. The van der Waals surface area contributed by atoms with Crippen LogP contribution in [0.5, 0.6) is 0 Å². The molecule has 0 rings (SSSR count). The van der Waals surface area contributed by atoms with Crippen LogP contribution >= 0.6 is 0 Å². The smallest absolute Gasteiger partial charge is 0.748 e. The van der Waals surface area contributed by atoms with Crippen molar-refractivity contribution in [3.05, 3.63) is 0 Å². The number of hydrogen-bond donors (Lipinski definition) is 1. The molecule has 2 unspecified atom stereocenters. The zero-order valence-corrected chi connectivity index (χ0v) is 24.3. The Balaban J connectivity index is 0. The summed E-state index contributed by atoms with van der Waals surface area (Å²) in [6.45, 7) is 3.72. The summed E-state index contributed by atoms with van der Waals surface area (Å²) in [7, 11) is -4.09. The first-order valence-electron chi connectivity index (χ1n) is 12.5. The standard InChI is InChI=1S/C24H50O4S.K/c1-3-4-17-21-24(25)22-19-16-14-12-10-8-6-5-7-9-11-13-15-18-20-23(2)29(26,27)28;/h23-25H,3-22H2,1-2H3,(H,26,27,28);/q;+1/p-1. The van der Waals surface area contributed by atoms with Crippen LogP contribution in [0.1, 0.15) is 142 Å². The number of aliphatic hydroxyl groups is 1. The first-order chi connectivity index (χ1) is 13.9. The summed E-state index contributed by atoms with van der Waals surface area (Å²) in [5.74, 6) is 0. The van der Waals surface area contributed by atoms with Gasteiger partial charge in [-0.2, -0.15) is 0 Å². The van der Waals surface area contributed by atoms with Gasteiger partial charge < -0.3 is 9.66 Å². The van der Waals surface area contributed by atoms with Gasteiger partial charge in [0.2, 0.25) is 0 Å². The average molecular weight is 473 g/mol. The Hall–Kier alpha value is 1.51. The van der Waals surface area contributed by atoms with Crippen molar-refractivity contribution in [1.29, 1.82) is 0 Å². The van der Waals surface area contributed by atoms with E-state index in [-0.39, 0.29) is 57.5 Å². The molecule has 0 saturated carbocycles. The second-order valence-corrected chi connectivity index (χ2v) is 10.8. The van der Waals surface area contributed by atoms with Crippen molar-refractivity contribution in [2.45, 2.75) is 154 Å². The number of unbranched alkanes of at least 4 members (excludes halogenated alkanes) is 15. The number of rotatable bonds is 22. The summed E-state index contributed by atoms with van der Waals surface area (Å²) in [5.41, 5.74) is 0. The molecule has 0 spiro atoms. The van der Waals surface area contributed by atoms with E-state index >= 15 is 0 Å². The molecule has 0 aliphatic carbocycles. The summed E-state index contributed by atoms with van der Waals surface area (Å²) < 4.78 is 32.4. The molecule has 0 aromatic rings. The van der Waals surface area contributed by atoms with Gasteiger partial charge in [0.15, 0.2) is 0 Å². The Labute approximate surface area is 230 Å². The first kappa shape index (κ1) is 33.7. The minimum Gasteiger partial charge on any atom is -0.748 e. The number of aliphatic hydroxyl groups excluding tert-OH is 1. The Morgan fingerprint density at radius 3 is 1.27 bits per heavy atom. The molecule has 176 valence electrons. The van der Waals surface area contributed by atoms with E-state index in [0.29, 0.717) is 6.42 Å². The quantitative estimate of drug-likeness (QED) is 0.146. The van der Waals surface area contributed by atoms with Gasteiger partial charge in [0.1, 0.15) is 0 Å². The minimum absolute atomic E-state index is 0. The summed E-state index contributed by atoms with van der Waals surface area (Å²) in [5, 5.41) is 9.17. The third kappa shape index (κ3) is 24.2. The summed E-state index contributed by atoms with van der Waals surface area (Å²) in [6, 6.07) is 0. The second kappa shape index (κ2) is 23.7. The van der Waals surface area contributed by atoms with Crippen molar-refractivity contribution >= 4 is 10.1 Å². The molecule has 1 N–H and O–H groups in total. The molecule has 0 bridgehead atoms. The van der Waals surface area contributed by atoms with Gasteiger partial charge in [-0.15, -0.1) is 0 Å². The van der Waals surface area contributed by atoms with Gasteiger partial charge in [-0.05, 0) is 26.2 Å². The molecular weight excluding hydrogens is 423 g/mol. The fraction of sp³-hybridized carbons (Fsp3) is 1.00. The van der Waals surface area contributed by atoms with Crippen LogP contribution in [0.3, 0.4) is 0 Å². The molecule has 4 nitrogen and oxygen atoms in total. The zero-order valence-electron chi connectivity index (χ0n) is 20.4. The third-order valence-corrected chi connectivity index (χ3v) is 7.25. The monoisotopic (exact) mass is 472 g/mol. The molecule has 0 aromatic heterocycles. The van der Waals surface area contributed by atoms with E-state index in [0.717, 1.165) is 32.1 Å². The van der Waals surface area contributed by atoms with Crippen molar-refractivity contribution in [2.24, 2.45) is 0 Å². The van der Waals surface area contributed by atoms with Crippen molar-refractivity contribution in [3.63, 3.8) is 0 Å². The fourth-order valence-corrected chi connectivity index (χ4v) is 4.31. The Bertz CT molecular complexity index is 442. The van der Waals surface area contributed by atoms with Gasteiger partial charge in [0, 0.05) is 5.25 Å². The van der Waals surface area contributed by atoms with E-state index in [9.17, 15) is 18.1 Å². The van der Waals surface area contributed by atoms with Crippen molar-refractivity contribution in [1.82, 2.24) is 0 Å². The summed E-state index contributed by atoms with van der Waals surface area (Å²) >= 11 is 0. The van der Waals surface area contributed by atoms with Crippen molar-refractivity contribution in [3.8, 4) is 0 Å². The second-order valence-electron chi connectivity index (χ2n) is 8.98. The van der Waals surface area contributed by atoms with Crippen molar-refractivity contribution in [2.75, 3.05) is 0 Å². The van der Waals surface area contributed by atoms with Gasteiger partial charge >= 0.3 is 51.4 Å². The van der Waals surface area contributed by atoms with Crippen LogP contribution in [0.4, 0.5) is 0 Å². The molecule has 0 saturated heterocycles. The topological polar surface area (TPSA) is 77.4 Å². The molecule has 2 atom stereocenters.